The van der Waals surface area contributed by atoms with E-state index in [2.05, 4.69) is 10.4 Å². The summed E-state index contributed by atoms with van der Waals surface area (Å²) in [6.07, 6.45) is -4.57. The largest absolute Gasteiger partial charge is 0.497 e. The number of nitrogens with one attached hydrogen (secondary N) is 1. The van der Waals surface area contributed by atoms with E-state index in [1.807, 2.05) is 0 Å². The summed E-state index contributed by atoms with van der Waals surface area (Å²) < 4.78 is 51.5. The zero-order chi connectivity index (χ0) is 23.6. The molecule has 2 aromatic heterocycles. The molecule has 4 aromatic rings. The molecule has 0 atom stereocenters. The number of carbonyl (C=O) groups excluding carboxylic acids is 1. The lowest BCUT2D eigenvalue weighted by atomic mass is 10.1. The molecule has 0 aliphatic heterocycles. The van der Waals surface area contributed by atoms with E-state index in [-0.39, 0.29) is 0 Å². The van der Waals surface area contributed by atoms with Crippen LogP contribution in [0.1, 0.15) is 16.1 Å². The minimum atomic E-state index is -4.57. The van der Waals surface area contributed by atoms with Gasteiger partial charge in [-0.1, -0.05) is 6.07 Å². The first kappa shape index (κ1) is 22.4. The highest BCUT2D eigenvalue weighted by atomic mass is 32.1. The fraction of sp³-hybridized carbons (Fsp3) is 0.130. The molecule has 6 nitrogen and oxygen atoms in total. The number of methoxy groups -OCH3 is 2. The van der Waals surface area contributed by atoms with Crippen LogP contribution in [0.3, 0.4) is 0 Å². The Bertz CT molecular complexity index is 1270. The van der Waals surface area contributed by atoms with Crippen molar-refractivity contribution >= 4 is 22.9 Å². The molecule has 0 fully saturated rings. The van der Waals surface area contributed by atoms with Gasteiger partial charge in [-0.2, -0.15) is 18.3 Å². The Balaban J connectivity index is 1.62. The van der Waals surface area contributed by atoms with Crippen LogP contribution in [0.2, 0.25) is 0 Å². The predicted octanol–water partition coefficient (Wildman–Crippen LogP) is 5.89. The molecule has 2 aromatic carbocycles. The highest BCUT2D eigenvalue weighted by Gasteiger charge is 2.35. The molecule has 0 bridgehead atoms. The van der Waals surface area contributed by atoms with Gasteiger partial charge in [0.15, 0.2) is 5.69 Å². The number of ether oxygens (including phenoxy) is 2. The van der Waals surface area contributed by atoms with Gasteiger partial charge in [-0.3, -0.25) is 4.79 Å². The zero-order valence-corrected chi connectivity index (χ0v) is 18.3. The van der Waals surface area contributed by atoms with Gasteiger partial charge in [0.25, 0.3) is 5.91 Å². The second-order valence-electron chi connectivity index (χ2n) is 6.87. The number of thiophene rings is 1. The Labute approximate surface area is 191 Å². The number of amides is 1. The van der Waals surface area contributed by atoms with Crippen molar-refractivity contribution < 1.29 is 27.4 Å². The molecule has 0 aliphatic rings. The number of hydrogen-bond acceptors (Lipinski definition) is 5. The van der Waals surface area contributed by atoms with Gasteiger partial charge in [0, 0.05) is 11.6 Å². The van der Waals surface area contributed by atoms with E-state index >= 15 is 0 Å². The molecule has 170 valence electrons. The van der Waals surface area contributed by atoms with Gasteiger partial charge >= 0.3 is 6.18 Å². The molecular formula is C23H18F3N3O3S. The zero-order valence-electron chi connectivity index (χ0n) is 17.5. The summed E-state index contributed by atoms with van der Waals surface area (Å²) in [5, 5.41) is 8.29. The maximum Gasteiger partial charge on any atom is 0.435 e. The van der Waals surface area contributed by atoms with E-state index in [4.69, 9.17) is 9.47 Å². The lowest BCUT2D eigenvalue weighted by Crippen LogP contribution is -2.13. The van der Waals surface area contributed by atoms with Crippen LogP contribution in [0.15, 0.2) is 66.0 Å². The van der Waals surface area contributed by atoms with E-state index < -0.39 is 17.8 Å². The minimum absolute atomic E-state index is 0.317. The van der Waals surface area contributed by atoms with Crippen molar-refractivity contribution in [1.29, 1.82) is 0 Å². The van der Waals surface area contributed by atoms with Gasteiger partial charge in [-0.05, 0) is 53.9 Å². The van der Waals surface area contributed by atoms with Crippen LogP contribution < -0.4 is 14.8 Å². The van der Waals surface area contributed by atoms with Crippen LogP contribution >= 0.6 is 11.3 Å². The number of nitrogens with zero attached hydrogens (tertiary/aromatic N) is 2. The molecule has 1 amide bonds. The van der Waals surface area contributed by atoms with Crippen LogP contribution in [0, 0.1) is 0 Å². The number of anilines is 1. The highest BCUT2D eigenvalue weighted by Crippen LogP contribution is 2.35. The number of benzene rings is 2. The number of aromatic nitrogens is 2. The molecule has 0 saturated carbocycles. The summed E-state index contributed by atoms with van der Waals surface area (Å²) in [6, 6.07) is 15.6. The molecule has 0 radical (unpaired) electrons. The van der Waals surface area contributed by atoms with Crippen LogP contribution in [0.5, 0.6) is 11.5 Å². The average Bonchev–Trinajstić information content (AvgIpc) is 3.49. The second kappa shape index (κ2) is 8.99. The molecular weight excluding hydrogens is 455 g/mol. The van der Waals surface area contributed by atoms with E-state index in [0.717, 1.165) is 6.07 Å². The van der Waals surface area contributed by atoms with Crippen molar-refractivity contribution in [3.05, 3.63) is 77.3 Å². The van der Waals surface area contributed by atoms with Crippen molar-refractivity contribution in [1.82, 2.24) is 9.78 Å². The number of carbonyl (C=O) groups is 1. The first-order valence-corrected chi connectivity index (χ1v) is 10.5. The fourth-order valence-electron chi connectivity index (χ4n) is 3.17. The third-order valence-electron chi connectivity index (χ3n) is 4.80. The van der Waals surface area contributed by atoms with Crippen molar-refractivity contribution in [2.75, 3.05) is 19.5 Å². The molecule has 1 N–H and O–H groups in total. The van der Waals surface area contributed by atoms with Crippen LogP contribution in [0.4, 0.5) is 18.9 Å². The lowest BCUT2D eigenvalue weighted by Gasteiger charge is -2.12. The van der Waals surface area contributed by atoms with Gasteiger partial charge in [-0.15, -0.1) is 11.3 Å². The molecule has 0 spiro atoms. The Hall–Kier alpha value is -3.79. The Kier molecular flexibility index (Phi) is 6.10. The van der Waals surface area contributed by atoms with Crippen LogP contribution in [0.25, 0.3) is 16.3 Å². The number of rotatable bonds is 6. The fourth-order valence-corrected chi connectivity index (χ4v) is 3.89. The molecule has 4 rings (SSSR count). The van der Waals surface area contributed by atoms with Crippen molar-refractivity contribution in [3.63, 3.8) is 0 Å². The van der Waals surface area contributed by atoms with Gasteiger partial charge < -0.3 is 14.8 Å². The summed E-state index contributed by atoms with van der Waals surface area (Å²) in [7, 11) is 3.00. The third-order valence-corrected chi connectivity index (χ3v) is 5.70. The summed E-state index contributed by atoms with van der Waals surface area (Å²) in [5.41, 5.74) is 0.496. The van der Waals surface area contributed by atoms with Gasteiger partial charge in [0.05, 0.1) is 36.2 Å². The second-order valence-corrected chi connectivity index (χ2v) is 7.82. The molecule has 0 unspecified atom stereocenters. The molecule has 2 heterocycles. The van der Waals surface area contributed by atoms with Gasteiger partial charge in [0.2, 0.25) is 0 Å². The van der Waals surface area contributed by atoms with E-state index in [0.29, 0.717) is 39.0 Å². The molecule has 0 saturated heterocycles. The smallest absolute Gasteiger partial charge is 0.435 e. The molecule has 10 heteroatoms. The van der Waals surface area contributed by atoms with Crippen LogP contribution in [-0.2, 0) is 6.18 Å². The third kappa shape index (κ3) is 4.70. The molecule has 0 aliphatic carbocycles. The highest BCUT2D eigenvalue weighted by molar-refractivity contribution is 7.13. The van der Waals surface area contributed by atoms with Crippen molar-refractivity contribution in [2.45, 2.75) is 6.18 Å². The normalized spacial score (nSPS) is 11.3. The number of alkyl halides is 3. The average molecular weight is 473 g/mol. The first-order chi connectivity index (χ1) is 15.8. The summed E-state index contributed by atoms with van der Waals surface area (Å²) in [6.45, 7) is 0. The Morgan fingerprint density at radius 3 is 2.39 bits per heavy atom. The number of hydrogen-bond donors (Lipinski definition) is 1. The SMILES string of the molecule is COc1ccc(NC(=O)c2ccc(-n3nc(C(F)(F)F)cc3-c3cccs3)cc2)c(OC)c1. The van der Waals surface area contributed by atoms with Crippen molar-refractivity contribution in [2.24, 2.45) is 0 Å². The Morgan fingerprint density at radius 1 is 1.03 bits per heavy atom. The standard InChI is InChI=1S/C23H18F3N3O3S/c1-31-16-9-10-17(19(12-16)32-2)27-22(30)14-5-7-15(8-6-14)29-18(20-4-3-11-33-20)13-21(28-29)23(24,25)26/h3-13H,1-2H3,(H,27,30). The molecule has 33 heavy (non-hydrogen) atoms. The predicted molar refractivity (Wildman–Crippen MR) is 119 cm³/mol. The Morgan fingerprint density at radius 2 is 1.79 bits per heavy atom. The minimum Gasteiger partial charge on any atom is -0.497 e. The first-order valence-electron chi connectivity index (χ1n) is 9.65. The van der Waals surface area contributed by atoms with E-state index in [1.54, 1.807) is 47.8 Å². The van der Waals surface area contributed by atoms with Crippen molar-refractivity contribution in [3.8, 4) is 27.8 Å². The lowest BCUT2D eigenvalue weighted by molar-refractivity contribution is -0.141. The topological polar surface area (TPSA) is 65.4 Å². The van der Waals surface area contributed by atoms with E-state index in [1.165, 1.54) is 42.4 Å². The van der Waals surface area contributed by atoms with Gasteiger partial charge in [0.1, 0.15) is 11.5 Å². The van der Waals surface area contributed by atoms with Gasteiger partial charge in [-0.25, -0.2) is 4.68 Å². The summed E-state index contributed by atoms with van der Waals surface area (Å²) >= 11 is 1.31. The quantitative estimate of drug-likeness (QED) is 0.379. The van der Waals surface area contributed by atoms with E-state index in [9.17, 15) is 18.0 Å². The summed E-state index contributed by atoms with van der Waals surface area (Å²) in [5.74, 6) is 0.601. The summed E-state index contributed by atoms with van der Waals surface area (Å²) in [4.78, 5) is 13.4. The number of halogens is 3. The monoisotopic (exact) mass is 473 g/mol. The maximum absolute atomic E-state index is 13.3. The maximum atomic E-state index is 13.3. The van der Waals surface area contributed by atoms with Crippen LogP contribution in [-0.4, -0.2) is 29.9 Å².